The van der Waals surface area contributed by atoms with Crippen molar-refractivity contribution in [2.75, 3.05) is 13.2 Å². The molecule has 9 nitrogen and oxygen atoms in total. The van der Waals surface area contributed by atoms with Gasteiger partial charge >= 0.3 is 11.9 Å². The Labute approximate surface area is 282 Å². The van der Waals surface area contributed by atoms with Crippen molar-refractivity contribution in [2.24, 2.45) is 28.1 Å². The first-order valence-corrected chi connectivity index (χ1v) is 17.3. The minimum atomic E-state index is -0.896. The average Bonchev–Trinajstić information content (AvgIpc) is 3.77. The lowest BCUT2D eigenvalue weighted by molar-refractivity contribution is -0.260. The van der Waals surface area contributed by atoms with Crippen LogP contribution in [0.3, 0.4) is 0 Å². The molecule has 0 amide bonds. The number of carbonyl (C=O) groups is 2. The summed E-state index contributed by atoms with van der Waals surface area (Å²) in [6.07, 6.45) is 4.67. The van der Waals surface area contributed by atoms with E-state index in [1.54, 1.807) is 18.6 Å². The Kier molecular flexibility index (Phi) is 8.50. The van der Waals surface area contributed by atoms with Gasteiger partial charge in [-0.25, -0.2) is 4.79 Å². The lowest BCUT2D eigenvalue weighted by Gasteiger charge is -2.66. The van der Waals surface area contributed by atoms with Crippen LogP contribution in [0, 0.1) is 28.1 Å². The first kappa shape index (κ1) is 33.3. The Balaban J connectivity index is 1.37. The van der Waals surface area contributed by atoms with Crippen LogP contribution in [0.1, 0.15) is 77.8 Å². The number of hydrogen-bond acceptors (Lipinski definition) is 9. The van der Waals surface area contributed by atoms with Crippen LogP contribution < -0.4 is 0 Å². The van der Waals surface area contributed by atoms with Crippen LogP contribution >= 0.6 is 0 Å². The van der Waals surface area contributed by atoms with Crippen molar-refractivity contribution >= 4 is 18.0 Å². The van der Waals surface area contributed by atoms with E-state index in [1.165, 1.54) is 13.0 Å². The molecule has 7 rings (SSSR count). The summed E-state index contributed by atoms with van der Waals surface area (Å²) in [7, 11) is 0. The van der Waals surface area contributed by atoms with Crippen LogP contribution in [0.5, 0.6) is 0 Å². The number of hydrogen-bond donors (Lipinski definition) is 1. The highest BCUT2D eigenvalue weighted by molar-refractivity contribution is 5.87. The quantitative estimate of drug-likeness (QED) is 0.210. The third-order valence-corrected chi connectivity index (χ3v) is 12.7. The number of fused-ring (bicyclic) bond motifs is 4. The zero-order valence-corrected chi connectivity index (χ0v) is 28.7. The molecule has 9 heteroatoms. The molecular weight excluding hydrogens is 612 g/mol. The van der Waals surface area contributed by atoms with Crippen molar-refractivity contribution in [1.29, 1.82) is 0 Å². The summed E-state index contributed by atoms with van der Waals surface area (Å²) in [6.45, 7) is 12.7. The number of furan rings is 1. The van der Waals surface area contributed by atoms with E-state index in [4.69, 9.17) is 28.1 Å². The van der Waals surface area contributed by atoms with E-state index in [0.717, 1.165) is 22.3 Å². The smallest absolute Gasteiger partial charge is 0.331 e. The molecule has 3 heterocycles. The van der Waals surface area contributed by atoms with E-state index in [-0.39, 0.29) is 23.9 Å². The Morgan fingerprint density at radius 3 is 2.50 bits per heavy atom. The molecule has 1 aromatic carbocycles. The number of aliphatic hydroxyl groups is 1. The number of allylic oxidation sites excluding steroid dienone is 1. The first-order chi connectivity index (χ1) is 22.9. The van der Waals surface area contributed by atoms with Crippen molar-refractivity contribution < 1.29 is 42.8 Å². The maximum atomic E-state index is 13.7. The fourth-order valence-electron chi connectivity index (χ4n) is 10.8. The Hall–Kier alpha value is -3.24. The summed E-state index contributed by atoms with van der Waals surface area (Å²) in [6, 6.07) is 11.6. The number of ether oxygens (including phenoxy) is 5. The van der Waals surface area contributed by atoms with Crippen molar-refractivity contribution in [1.82, 2.24) is 0 Å². The van der Waals surface area contributed by atoms with Gasteiger partial charge in [0.2, 0.25) is 0 Å². The topological polar surface area (TPSA) is 114 Å². The molecule has 2 aliphatic heterocycles. The van der Waals surface area contributed by atoms with Gasteiger partial charge < -0.3 is 33.2 Å². The number of esters is 2. The highest BCUT2D eigenvalue weighted by atomic mass is 16.7. The molecule has 48 heavy (non-hydrogen) atoms. The highest BCUT2D eigenvalue weighted by Crippen LogP contribution is 2.72. The van der Waals surface area contributed by atoms with E-state index in [9.17, 15) is 14.7 Å². The van der Waals surface area contributed by atoms with Crippen LogP contribution in [0.4, 0.5) is 0 Å². The van der Waals surface area contributed by atoms with Gasteiger partial charge in [-0.05, 0) is 55.0 Å². The Bertz CT molecular complexity index is 1580. The predicted molar refractivity (Wildman–Crippen MR) is 176 cm³/mol. The normalized spacial score (nSPS) is 41.8. The van der Waals surface area contributed by atoms with Crippen molar-refractivity contribution in [3.05, 3.63) is 77.3 Å². The van der Waals surface area contributed by atoms with E-state index in [0.29, 0.717) is 32.5 Å². The Morgan fingerprint density at radius 2 is 1.81 bits per heavy atom. The minimum absolute atomic E-state index is 0.0607. The molecule has 2 saturated heterocycles. The van der Waals surface area contributed by atoms with Gasteiger partial charge in [-0.1, -0.05) is 56.7 Å². The SMILES string of the molecule is CCO[C@@H]1C[C@@H]2[C@@](C)(C3=C(C)[C@@H](c4ccoc4)CC3O1)[C@@H](O)[C@H]1OC[C@@]3(C)[C@@H](OC(C)=O)C[C@@H](OC(=O)/C=C/c4ccccc4)[C@]2(C)[C@H]13. The van der Waals surface area contributed by atoms with Crippen LogP contribution in [0.15, 0.2) is 70.6 Å². The molecule has 1 unspecified atom stereocenters. The van der Waals surface area contributed by atoms with Crippen LogP contribution in [-0.2, 0) is 33.3 Å². The number of aliphatic hydroxyl groups excluding tert-OH is 1. The van der Waals surface area contributed by atoms with Crippen molar-refractivity contribution in [3.63, 3.8) is 0 Å². The average molecular weight is 661 g/mol. The standard InChI is InChI=1S/C39H48O9/c1-7-44-32-18-28-38(5)30(48-31(41)14-13-24-11-9-8-10-12-24)19-29(46-23(3)40)37(4)21-45-34(35(37)38)36(42)39(28,6)33-22(2)26(17-27(33)47-32)25-15-16-43-20-25/h8-16,20,26-30,32,34-36,42H,7,17-19,21H2,1-6H3/b14-13+/t26-,27?,28-,29-,30+,32-,34-,35+,36-,37-,38+,39-/m0/s1. The lowest BCUT2D eigenvalue weighted by Crippen LogP contribution is -2.71. The largest absolute Gasteiger partial charge is 0.472 e. The zero-order valence-electron chi connectivity index (χ0n) is 28.7. The van der Waals surface area contributed by atoms with Gasteiger partial charge in [0.15, 0.2) is 6.29 Å². The molecule has 0 spiro atoms. The molecule has 4 fully saturated rings. The molecule has 258 valence electrons. The summed E-state index contributed by atoms with van der Waals surface area (Å²) in [5.74, 6) is -1.35. The Morgan fingerprint density at radius 1 is 1.04 bits per heavy atom. The molecule has 1 N–H and O–H groups in total. The monoisotopic (exact) mass is 660 g/mol. The van der Waals surface area contributed by atoms with E-state index in [2.05, 4.69) is 27.7 Å². The second-order valence-corrected chi connectivity index (χ2v) is 15.1. The maximum absolute atomic E-state index is 13.7. The molecule has 2 aromatic rings. The first-order valence-electron chi connectivity index (χ1n) is 17.3. The van der Waals surface area contributed by atoms with Crippen LogP contribution in [0.2, 0.25) is 0 Å². The predicted octanol–water partition coefficient (Wildman–Crippen LogP) is 6.22. The van der Waals surface area contributed by atoms with Gasteiger partial charge in [0.25, 0.3) is 0 Å². The molecule has 0 bridgehead atoms. The van der Waals surface area contributed by atoms with E-state index >= 15 is 0 Å². The number of rotatable bonds is 7. The zero-order chi connectivity index (χ0) is 34.0. The second kappa shape index (κ2) is 12.3. The lowest BCUT2D eigenvalue weighted by atomic mass is 9.39. The minimum Gasteiger partial charge on any atom is -0.472 e. The van der Waals surface area contributed by atoms with Gasteiger partial charge in [-0.3, -0.25) is 4.79 Å². The molecule has 3 aliphatic carbocycles. The fraction of sp³-hybridized carbons (Fsp3) is 0.590. The number of benzene rings is 1. The molecule has 0 radical (unpaired) electrons. The van der Waals surface area contributed by atoms with Gasteiger partial charge in [0.1, 0.15) is 12.2 Å². The summed E-state index contributed by atoms with van der Waals surface area (Å²) in [5, 5.41) is 12.7. The molecule has 1 aromatic heterocycles. The van der Waals surface area contributed by atoms with E-state index in [1.807, 2.05) is 43.3 Å². The van der Waals surface area contributed by atoms with Gasteiger partial charge in [-0.2, -0.15) is 0 Å². The van der Waals surface area contributed by atoms with Crippen molar-refractivity contribution in [3.8, 4) is 0 Å². The third kappa shape index (κ3) is 5.03. The molecule has 5 aliphatic rings. The molecule has 12 atom stereocenters. The highest BCUT2D eigenvalue weighted by Gasteiger charge is 2.76. The van der Waals surface area contributed by atoms with E-state index < -0.39 is 58.9 Å². The second-order valence-electron chi connectivity index (χ2n) is 15.1. The third-order valence-electron chi connectivity index (χ3n) is 12.7. The molecule has 2 saturated carbocycles. The summed E-state index contributed by atoms with van der Waals surface area (Å²) >= 11 is 0. The van der Waals surface area contributed by atoms with Crippen molar-refractivity contribution in [2.45, 2.75) is 104 Å². The number of carbonyl (C=O) groups excluding carboxylic acids is 2. The van der Waals surface area contributed by atoms with Crippen LogP contribution in [-0.4, -0.2) is 67.1 Å². The van der Waals surface area contributed by atoms with Gasteiger partial charge in [0.05, 0.1) is 37.4 Å². The maximum Gasteiger partial charge on any atom is 0.331 e. The summed E-state index contributed by atoms with van der Waals surface area (Å²) in [5.41, 5.74) is 2.03. The fourth-order valence-corrected chi connectivity index (χ4v) is 10.8. The van der Waals surface area contributed by atoms with Gasteiger partial charge in [0, 0.05) is 60.5 Å². The summed E-state index contributed by atoms with van der Waals surface area (Å²) < 4.78 is 37.7. The van der Waals surface area contributed by atoms with Crippen LogP contribution in [0.25, 0.3) is 6.08 Å². The van der Waals surface area contributed by atoms with Gasteiger partial charge in [-0.15, -0.1) is 0 Å². The summed E-state index contributed by atoms with van der Waals surface area (Å²) in [4.78, 5) is 26.1. The molecular formula is C39H48O9.